The quantitative estimate of drug-likeness (QED) is 0.499. The molecule has 2 aromatic carbocycles. The van der Waals surface area contributed by atoms with E-state index < -0.39 is 5.97 Å². The number of nitriles is 1. The molecule has 0 fully saturated rings. The number of aromatic nitrogens is 1. The SMILES string of the molecule is C.COCOc1cc(-n2cc(C#N)c3cc(C)ccc32)ccc1C(=O)OC. The Labute approximate surface area is 158 Å². The third-order valence-electron chi connectivity index (χ3n) is 4.06. The highest BCUT2D eigenvalue weighted by molar-refractivity contribution is 5.93. The van der Waals surface area contributed by atoms with E-state index >= 15 is 0 Å². The van der Waals surface area contributed by atoms with Crippen LogP contribution in [0.5, 0.6) is 5.75 Å². The zero-order chi connectivity index (χ0) is 18.7. The van der Waals surface area contributed by atoms with Gasteiger partial charge in [-0.05, 0) is 31.2 Å². The number of benzene rings is 2. The van der Waals surface area contributed by atoms with Gasteiger partial charge in [-0.3, -0.25) is 0 Å². The van der Waals surface area contributed by atoms with Gasteiger partial charge in [0.25, 0.3) is 0 Å². The highest BCUT2D eigenvalue weighted by Crippen LogP contribution is 2.29. The largest absolute Gasteiger partial charge is 0.467 e. The summed E-state index contributed by atoms with van der Waals surface area (Å²) in [7, 11) is 2.82. The third-order valence-corrected chi connectivity index (χ3v) is 4.06. The van der Waals surface area contributed by atoms with Crippen molar-refractivity contribution in [1.29, 1.82) is 5.26 Å². The molecule has 0 bridgehead atoms. The predicted molar refractivity (Wildman–Crippen MR) is 103 cm³/mol. The maximum atomic E-state index is 12.0. The normalized spacial score (nSPS) is 10.1. The van der Waals surface area contributed by atoms with Crippen LogP contribution in [0.3, 0.4) is 0 Å². The first-order valence-corrected chi connectivity index (χ1v) is 7.95. The summed E-state index contributed by atoms with van der Waals surface area (Å²) < 4.78 is 17.2. The van der Waals surface area contributed by atoms with E-state index in [9.17, 15) is 10.1 Å². The summed E-state index contributed by atoms with van der Waals surface area (Å²) in [4.78, 5) is 12.0. The Hall–Kier alpha value is -3.30. The molecule has 0 radical (unpaired) electrons. The van der Waals surface area contributed by atoms with Crippen molar-refractivity contribution in [2.75, 3.05) is 21.0 Å². The molecule has 6 nitrogen and oxygen atoms in total. The molecule has 1 aromatic heterocycles. The molecule has 0 saturated carbocycles. The summed E-state index contributed by atoms with van der Waals surface area (Å²) in [6.45, 7) is 1.99. The van der Waals surface area contributed by atoms with Crippen LogP contribution < -0.4 is 4.74 Å². The second kappa shape index (κ2) is 8.39. The van der Waals surface area contributed by atoms with Gasteiger partial charge in [0.15, 0.2) is 6.79 Å². The first-order chi connectivity index (χ1) is 12.6. The van der Waals surface area contributed by atoms with E-state index in [4.69, 9.17) is 14.2 Å². The van der Waals surface area contributed by atoms with Gasteiger partial charge in [-0.25, -0.2) is 4.79 Å². The van der Waals surface area contributed by atoms with E-state index in [1.54, 1.807) is 24.4 Å². The van der Waals surface area contributed by atoms with E-state index in [1.165, 1.54) is 14.2 Å². The van der Waals surface area contributed by atoms with E-state index in [0.29, 0.717) is 16.9 Å². The fourth-order valence-corrected chi connectivity index (χ4v) is 2.83. The molecule has 0 aliphatic heterocycles. The van der Waals surface area contributed by atoms with Crippen LogP contribution in [0.1, 0.15) is 28.9 Å². The summed E-state index contributed by atoms with van der Waals surface area (Å²) in [6.07, 6.45) is 1.78. The monoisotopic (exact) mass is 366 g/mol. The van der Waals surface area contributed by atoms with Crippen molar-refractivity contribution >= 4 is 16.9 Å². The molecule has 0 atom stereocenters. The summed E-state index contributed by atoms with van der Waals surface area (Å²) in [6, 6.07) is 13.3. The average Bonchev–Trinajstić information content (AvgIpc) is 3.03. The molecule has 1 heterocycles. The van der Waals surface area contributed by atoms with Crippen molar-refractivity contribution in [3.8, 4) is 17.5 Å². The van der Waals surface area contributed by atoms with Crippen molar-refractivity contribution in [2.24, 2.45) is 0 Å². The lowest BCUT2D eigenvalue weighted by molar-refractivity contribution is 0.0465. The van der Waals surface area contributed by atoms with Gasteiger partial charge in [-0.15, -0.1) is 0 Å². The molecule has 0 saturated heterocycles. The number of aryl methyl sites for hydroxylation is 1. The molecule has 3 rings (SSSR count). The average molecular weight is 366 g/mol. The minimum absolute atomic E-state index is 0. The van der Waals surface area contributed by atoms with Gasteiger partial charge >= 0.3 is 5.97 Å². The number of rotatable bonds is 5. The van der Waals surface area contributed by atoms with Crippen LogP contribution in [-0.2, 0) is 9.47 Å². The van der Waals surface area contributed by atoms with Crippen molar-refractivity contribution in [3.63, 3.8) is 0 Å². The van der Waals surface area contributed by atoms with E-state index in [1.807, 2.05) is 29.7 Å². The number of hydrogen-bond donors (Lipinski definition) is 0. The number of esters is 1. The number of fused-ring (bicyclic) bond motifs is 1. The molecule has 0 spiro atoms. The van der Waals surface area contributed by atoms with E-state index in [-0.39, 0.29) is 14.2 Å². The number of ether oxygens (including phenoxy) is 3. The number of carbonyl (C=O) groups excluding carboxylic acids is 1. The number of hydrogen-bond acceptors (Lipinski definition) is 5. The number of carbonyl (C=O) groups is 1. The van der Waals surface area contributed by atoms with Crippen LogP contribution in [0.25, 0.3) is 16.6 Å². The Morgan fingerprint density at radius 1 is 1.19 bits per heavy atom. The molecule has 6 heteroatoms. The molecule has 0 unspecified atom stereocenters. The summed E-state index contributed by atoms with van der Waals surface area (Å²) in [5.41, 5.74) is 3.63. The minimum atomic E-state index is -0.492. The highest BCUT2D eigenvalue weighted by Gasteiger charge is 2.16. The Morgan fingerprint density at radius 2 is 1.96 bits per heavy atom. The maximum Gasteiger partial charge on any atom is 0.341 e. The number of methoxy groups -OCH3 is 2. The minimum Gasteiger partial charge on any atom is -0.467 e. The van der Waals surface area contributed by atoms with Crippen LogP contribution in [0, 0.1) is 18.3 Å². The van der Waals surface area contributed by atoms with Gasteiger partial charge in [0.1, 0.15) is 17.4 Å². The zero-order valence-electron chi connectivity index (χ0n) is 14.8. The molecule has 3 aromatic rings. The van der Waals surface area contributed by atoms with Crippen LogP contribution in [0.4, 0.5) is 0 Å². The van der Waals surface area contributed by atoms with Gasteiger partial charge in [0.05, 0.1) is 18.2 Å². The lowest BCUT2D eigenvalue weighted by atomic mass is 10.1. The summed E-state index contributed by atoms with van der Waals surface area (Å²) in [5.74, 6) is -0.142. The Balaban J connectivity index is 0.00000261. The second-order valence-electron chi connectivity index (χ2n) is 5.77. The maximum absolute atomic E-state index is 12.0. The molecule has 0 aliphatic rings. The molecule has 27 heavy (non-hydrogen) atoms. The van der Waals surface area contributed by atoms with Crippen molar-refractivity contribution in [1.82, 2.24) is 4.57 Å². The second-order valence-corrected chi connectivity index (χ2v) is 5.77. The standard InChI is InChI=1S/C20H18N2O4.CH4/c1-13-4-7-18-17(8-13)14(10-21)11-22(18)15-5-6-16(20(23)25-3)19(9-15)26-12-24-2;/h4-9,11H,12H2,1-3H3;1H4. The molecule has 0 amide bonds. The zero-order valence-corrected chi connectivity index (χ0v) is 14.8. The highest BCUT2D eigenvalue weighted by atomic mass is 16.7. The smallest absolute Gasteiger partial charge is 0.341 e. The lowest BCUT2D eigenvalue weighted by Crippen LogP contribution is -2.08. The van der Waals surface area contributed by atoms with Crippen molar-refractivity contribution < 1.29 is 19.0 Å². The van der Waals surface area contributed by atoms with Gasteiger partial charge in [0.2, 0.25) is 0 Å². The van der Waals surface area contributed by atoms with Gasteiger partial charge < -0.3 is 18.8 Å². The van der Waals surface area contributed by atoms with E-state index in [2.05, 4.69) is 6.07 Å². The molecular weight excluding hydrogens is 344 g/mol. The summed E-state index contributed by atoms with van der Waals surface area (Å²) >= 11 is 0. The van der Waals surface area contributed by atoms with Crippen LogP contribution in [0.15, 0.2) is 42.6 Å². The van der Waals surface area contributed by atoms with Gasteiger partial charge in [-0.1, -0.05) is 19.1 Å². The number of nitrogens with zero attached hydrogens (tertiary/aromatic N) is 2. The van der Waals surface area contributed by atoms with Crippen LogP contribution in [0.2, 0.25) is 0 Å². The van der Waals surface area contributed by atoms with Crippen LogP contribution >= 0.6 is 0 Å². The summed E-state index contributed by atoms with van der Waals surface area (Å²) in [5, 5.41) is 10.3. The fraction of sp³-hybridized carbons (Fsp3) is 0.238. The molecule has 140 valence electrons. The first-order valence-electron chi connectivity index (χ1n) is 7.95. The Bertz CT molecular complexity index is 1010. The van der Waals surface area contributed by atoms with Gasteiger partial charge in [0, 0.05) is 30.4 Å². The predicted octanol–water partition coefficient (Wildman–Crippen LogP) is 4.22. The Morgan fingerprint density at radius 3 is 2.63 bits per heavy atom. The van der Waals surface area contributed by atoms with Crippen LogP contribution in [-0.4, -0.2) is 31.5 Å². The first kappa shape index (κ1) is 20.0. The molecule has 0 aliphatic carbocycles. The lowest BCUT2D eigenvalue weighted by Gasteiger charge is -2.13. The molecule has 0 N–H and O–H groups in total. The topological polar surface area (TPSA) is 73.5 Å². The van der Waals surface area contributed by atoms with Crippen molar-refractivity contribution in [3.05, 3.63) is 59.3 Å². The third kappa shape index (κ3) is 3.78. The van der Waals surface area contributed by atoms with Crippen molar-refractivity contribution in [2.45, 2.75) is 14.4 Å². The fourth-order valence-electron chi connectivity index (χ4n) is 2.83. The Kier molecular flexibility index (Phi) is 6.22. The van der Waals surface area contributed by atoms with E-state index in [0.717, 1.165) is 22.2 Å². The van der Waals surface area contributed by atoms with Gasteiger partial charge in [-0.2, -0.15) is 5.26 Å². The molecular formula is C21H22N2O4.